The highest BCUT2D eigenvalue weighted by Gasteiger charge is 2.11. The molecule has 2 aromatic heterocycles. The van der Waals surface area contributed by atoms with Crippen LogP contribution in [-0.4, -0.2) is 34.2 Å². The van der Waals surface area contributed by atoms with E-state index in [0.29, 0.717) is 6.01 Å². The highest BCUT2D eigenvalue weighted by Crippen LogP contribution is 2.15. The zero-order valence-corrected chi connectivity index (χ0v) is 11.7. The van der Waals surface area contributed by atoms with Crippen LogP contribution in [0.5, 0.6) is 6.01 Å². The molecule has 19 heavy (non-hydrogen) atoms. The van der Waals surface area contributed by atoms with E-state index in [9.17, 15) is 0 Å². The third-order valence-corrected chi connectivity index (χ3v) is 2.93. The van der Waals surface area contributed by atoms with Crippen LogP contribution in [0.4, 0.5) is 0 Å². The maximum absolute atomic E-state index is 5.16. The van der Waals surface area contributed by atoms with Crippen LogP contribution in [0.1, 0.15) is 22.6 Å². The Morgan fingerprint density at radius 3 is 2.42 bits per heavy atom. The molecular weight excluding hydrogens is 244 g/mol. The van der Waals surface area contributed by atoms with Gasteiger partial charge in [-0.1, -0.05) is 5.16 Å². The molecule has 2 heterocycles. The van der Waals surface area contributed by atoms with Crippen molar-refractivity contribution in [3.05, 3.63) is 35.0 Å². The van der Waals surface area contributed by atoms with Gasteiger partial charge in [-0.05, 0) is 20.9 Å². The van der Waals surface area contributed by atoms with Gasteiger partial charge in [0.25, 0.3) is 0 Å². The number of hydrogen-bond donors (Lipinski definition) is 0. The molecule has 6 heteroatoms. The SMILES string of the molecule is COc1ncc(CN(C)Cc2c(C)noc2C)cn1. The lowest BCUT2D eigenvalue weighted by atomic mass is 10.2. The van der Waals surface area contributed by atoms with Gasteiger partial charge in [0.15, 0.2) is 0 Å². The highest BCUT2D eigenvalue weighted by molar-refractivity contribution is 5.20. The minimum Gasteiger partial charge on any atom is -0.467 e. The molecule has 0 amide bonds. The molecule has 0 spiro atoms. The Morgan fingerprint density at radius 1 is 1.21 bits per heavy atom. The molecule has 0 unspecified atom stereocenters. The van der Waals surface area contributed by atoms with E-state index in [4.69, 9.17) is 9.26 Å². The molecule has 0 fully saturated rings. The Kier molecular flexibility index (Phi) is 4.11. The lowest BCUT2D eigenvalue weighted by Crippen LogP contribution is -2.18. The minimum absolute atomic E-state index is 0.386. The van der Waals surface area contributed by atoms with Crippen molar-refractivity contribution in [2.75, 3.05) is 14.2 Å². The van der Waals surface area contributed by atoms with Crippen molar-refractivity contribution in [3.63, 3.8) is 0 Å². The second-order valence-corrected chi connectivity index (χ2v) is 4.55. The largest absolute Gasteiger partial charge is 0.467 e. The summed E-state index contributed by atoms with van der Waals surface area (Å²) in [7, 11) is 3.59. The van der Waals surface area contributed by atoms with Crippen LogP contribution in [-0.2, 0) is 13.1 Å². The van der Waals surface area contributed by atoms with Gasteiger partial charge < -0.3 is 9.26 Å². The van der Waals surface area contributed by atoms with Crippen LogP contribution in [0.25, 0.3) is 0 Å². The van der Waals surface area contributed by atoms with Gasteiger partial charge in [-0.25, -0.2) is 9.97 Å². The van der Waals surface area contributed by atoms with Crippen LogP contribution in [0.15, 0.2) is 16.9 Å². The van der Waals surface area contributed by atoms with Crippen molar-refractivity contribution in [2.24, 2.45) is 0 Å². The van der Waals surface area contributed by atoms with Crippen molar-refractivity contribution in [2.45, 2.75) is 26.9 Å². The molecule has 2 rings (SSSR count). The quantitative estimate of drug-likeness (QED) is 0.817. The van der Waals surface area contributed by atoms with Gasteiger partial charge in [0.1, 0.15) is 5.76 Å². The first-order valence-corrected chi connectivity index (χ1v) is 6.05. The molecule has 0 radical (unpaired) electrons. The summed E-state index contributed by atoms with van der Waals surface area (Å²) in [6, 6.07) is 0.386. The maximum atomic E-state index is 5.16. The van der Waals surface area contributed by atoms with Crippen LogP contribution < -0.4 is 4.74 Å². The molecule has 0 aliphatic rings. The Labute approximate surface area is 112 Å². The Hall–Kier alpha value is -1.95. The first-order chi connectivity index (χ1) is 9.10. The molecule has 0 saturated heterocycles. The molecule has 0 bridgehead atoms. The number of hydrogen-bond acceptors (Lipinski definition) is 6. The number of aromatic nitrogens is 3. The lowest BCUT2D eigenvalue weighted by molar-refractivity contribution is 0.313. The Bertz CT molecular complexity index is 517. The van der Waals surface area contributed by atoms with E-state index in [-0.39, 0.29) is 0 Å². The number of methoxy groups -OCH3 is 1. The molecule has 0 aromatic carbocycles. The lowest BCUT2D eigenvalue weighted by Gasteiger charge is -2.16. The number of nitrogens with zero attached hydrogens (tertiary/aromatic N) is 4. The van der Waals surface area contributed by atoms with Crippen LogP contribution in [0, 0.1) is 13.8 Å². The van der Waals surface area contributed by atoms with Gasteiger partial charge in [-0.2, -0.15) is 0 Å². The summed E-state index contributed by atoms with van der Waals surface area (Å²) < 4.78 is 10.1. The van der Waals surface area contributed by atoms with Gasteiger partial charge in [0.05, 0.1) is 12.8 Å². The molecule has 0 atom stereocenters. The zero-order valence-electron chi connectivity index (χ0n) is 11.7. The molecule has 0 N–H and O–H groups in total. The average Bonchev–Trinajstić information content (AvgIpc) is 2.71. The van der Waals surface area contributed by atoms with Gasteiger partial charge >= 0.3 is 6.01 Å². The Balaban J connectivity index is 1.99. The monoisotopic (exact) mass is 262 g/mol. The predicted molar refractivity (Wildman–Crippen MR) is 69.7 cm³/mol. The van der Waals surface area contributed by atoms with Crippen molar-refractivity contribution < 1.29 is 9.26 Å². The van der Waals surface area contributed by atoms with E-state index < -0.39 is 0 Å². The summed E-state index contributed by atoms with van der Waals surface area (Å²) in [5.74, 6) is 0.871. The van der Waals surface area contributed by atoms with Crippen molar-refractivity contribution in [3.8, 4) is 6.01 Å². The van der Waals surface area contributed by atoms with Crippen molar-refractivity contribution >= 4 is 0 Å². The van der Waals surface area contributed by atoms with E-state index in [0.717, 1.165) is 35.7 Å². The normalized spacial score (nSPS) is 11.0. The number of ether oxygens (including phenoxy) is 1. The average molecular weight is 262 g/mol. The second-order valence-electron chi connectivity index (χ2n) is 4.55. The number of rotatable bonds is 5. The molecule has 6 nitrogen and oxygen atoms in total. The van der Waals surface area contributed by atoms with E-state index in [1.165, 1.54) is 0 Å². The fraction of sp³-hybridized carbons (Fsp3) is 0.462. The van der Waals surface area contributed by atoms with Gasteiger partial charge in [-0.3, -0.25) is 4.90 Å². The van der Waals surface area contributed by atoms with Gasteiger partial charge in [-0.15, -0.1) is 0 Å². The smallest absolute Gasteiger partial charge is 0.316 e. The summed E-state index contributed by atoms with van der Waals surface area (Å²) >= 11 is 0. The summed E-state index contributed by atoms with van der Waals surface area (Å²) in [5.41, 5.74) is 3.11. The zero-order chi connectivity index (χ0) is 13.8. The van der Waals surface area contributed by atoms with Crippen LogP contribution in [0.2, 0.25) is 0 Å². The standard InChI is InChI=1S/C13H18N4O2/c1-9-12(10(2)19-16-9)8-17(3)7-11-5-14-13(18-4)15-6-11/h5-6H,7-8H2,1-4H3. The first-order valence-electron chi connectivity index (χ1n) is 6.05. The Morgan fingerprint density at radius 2 is 1.89 bits per heavy atom. The summed E-state index contributed by atoms with van der Waals surface area (Å²) in [4.78, 5) is 10.3. The van der Waals surface area contributed by atoms with E-state index in [1.807, 2.05) is 20.9 Å². The molecule has 0 saturated carbocycles. The maximum Gasteiger partial charge on any atom is 0.316 e. The summed E-state index contributed by atoms with van der Waals surface area (Å²) in [5, 5.41) is 3.96. The molecule has 102 valence electrons. The summed E-state index contributed by atoms with van der Waals surface area (Å²) in [6.45, 7) is 5.43. The fourth-order valence-electron chi connectivity index (χ4n) is 1.90. The minimum atomic E-state index is 0.386. The molecule has 0 aliphatic carbocycles. The molecular formula is C13H18N4O2. The topological polar surface area (TPSA) is 64.3 Å². The third-order valence-electron chi connectivity index (χ3n) is 2.93. The van der Waals surface area contributed by atoms with Gasteiger partial charge in [0.2, 0.25) is 0 Å². The van der Waals surface area contributed by atoms with Crippen molar-refractivity contribution in [1.29, 1.82) is 0 Å². The van der Waals surface area contributed by atoms with E-state index in [2.05, 4.69) is 20.0 Å². The molecule has 0 aliphatic heterocycles. The highest BCUT2D eigenvalue weighted by atomic mass is 16.5. The third kappa shape index (κ3) is 3.29. The fourth-order valence-corrected chi connectivity index (χ4v) is 1.90. The molecule has 2 aromatic rings. The second kappa shape index (κ2) is 5.79. The van der Waals surface area contributed by atoms with Crippen molar-refractivity contribution in [1.82, 2.24) is 20.0 Å². The van der Waals surface area contributed by atoms with E-state index >= 15 is 0 Å². The van der Waals surface area contributed by atoms with Crippen LogP contribution >= 0.6 is 0 Å². The first kappa shape index (κ1) is 13.5. The van der Waals surface area contributed by atoms with Gasteiger partial charge in [0, 0.05) is 36.6 Å². The van der Waals surface area contributed by atoms with Crippen LogP contribution in [0.3, 0.4) is 0 Å². The number of aryl methyl sites for hydroxylation is 2. The van der Waals surface area contributed by atoms with E-state index in [1.54, 1.807) is 19.5 Å². The predicted octanol–water partition coefficient (Wildman–Crippen LogP) is 1.72. The summed E-state index contributed by atoms with van der Waals surface area (Å²) in [6.07, 6.45) is 3.55.